The lowest BCUT2D eigenvalue weighted by molar-refractivity contribution is -0.146. The van der Waals surface area contributed by atoms with Gasteiger partial charge < -0.3 is 9.84 Å². The van der Waals surface area contributed by atoms with Gasteiger partial charge in [0.1, 0.15) is 0 Å². The van der Waals surface area contributed by atoms with Gasteiger partial charge in [-0.15, -0.1) is 11.8 Å². The van der Waals surface area contributed by atoms with Gasteiger partial charge in [-0.05, 0) is 18.1 Å². The summed E-state index contributed by atoms with van der Waals surface area (Å²) in [6.07, 6.45) is 0. The number of esters is 1. The van der Waals surface area contributed by atoms with Crippen LogP contribution in [0.1, 0.15) is 20.8 Å². The summed E-state index contributed by atoms with van der Waals surface area (Å²) in [5.41, 5.74) is 0. The Hall–Kier alpha value is -1.49. The van der Waals surface area contributed by atoms with Crippen molar-refractivity contribution in [2.45, 2.75) is 25.7 Å². The molecule has 0 amide bonds. The number of thioether (sulfide) groups is 1. The van der Waals surface area contributed by atoms with Crippen LogP contribution in [0.15, 0.2) is 35.2 Å². The smallest absolute Gasteiger partial charge is 0.313 e. The van der Waals surface area contributed by atoms with Gasteiger partial charge in [0.15, 0.2) is 0 Å². The predicted molar refractivity (Wildman–Crippen MR) is 80.8 cm³/mol. The molecule has 1 aromatic carbocycles. The van der Waals surface area contributed by atoms with Gasteiger partial charge in [-0.2, -0.15) is 0 Å². The molecule has 20 heavy (non-hydrogen) atoms. The third kappa shape index (κ3) is 8.58. The first-order valence-electron chi connectivity index (χ1n) is 6.36. The molecule has 0 heterocycles. The van der Waals surface area contributed by atoms with E-state index in [4.69, 9.17) is 5.11 Å². The molecule has 4 nitrogen and oxygen atoms in total. The fourth-order valence-electron chi connectivity index (χ4n) is 1.12. The van der Waals surface area contributed by atoms with E-state index in [0.29, 0.717) is 5.92 Å². The lowest BCUT2D eigenvalue weighted by Gasteiger charge is -2.11. The lowest BCUT2D eigenvalue weighted by atomic mass is 9.99. The van der Waals surface area contributed by atoms with Crippen molar-refractivity contribution in [2.24, 2.45) is 11.8 Å². The minimum Gasteiger partial charge on any atom is -0.481 e. The molecular formula is C15H22O4S. The number of benzene rings is 1. The van der Waals surface area contributed by atoms with Gasteiger partial charge in [0, 0.05) is 4.90 Å². The zero-order valence-corrected chi connectivity index (χ0v) is 13.1. The van der Waals surface area contributed by atoms with Crippen molar-refractivity contribution < 1.29 is 19.4 Å². The molecular weight excluding hydrogens is 276 g/mol. The summed E-state index contributed by atoms with van der Waals surface area (Å²) >= 11 is 1.33. The molecule has 0 aliphatic carbocycles. The van der Waals surface area contributed by atoms with Crippen molar-refractivity contribution in [2.75, 3.05) is 12.9 Å². The molecule has 0 aliphatic heterocycles. The number of methoxy groups -OCH3 is 1. The first kappa shape index (κ1) is 18.5. The molecule has 1 aromatic rings. The largest absolute Gasteiger partial charge is 0.481 e. The van der Waals surface area contributed by atoms with Crippen molar-refractivity contribution in [1.29, 1.82) is 0 Å². The van der Waals surface area contributed by atoms with E-state index in [9.17, 15) is 9.59 Å². The van der Waals surface area contributed by atoms with Crippen LogP contribution in [-0.4, -0.2) is 29.9 Å². The summed E-state index contributed by atoms with van der Waals surface area (Å²) in [7, 11) is 1.42. The Morgan fingerprint density at radius 2 is 1.75 bits per heavy atom. The molecule has 0 saturated carbocycles. The molecule has 0 spiro atoms. The Bertz CT molecular complexity index is 404. The second-order valence-corrected chi connectivity index (χ2v) is 5.60. The van der Waals surface area contributed by atoms with Crippen LogP contribution in [0.4, 0.5) is 0 Å². The van der Waals surface area contributed by atoms with E-state index in [-0.39, 0.29) is 17.6 Å². The highest BCUT2D eigenvalue weighted by Crippen LogP contribution is 2.15. The topological polar surface area (TPSA) is 63.6 Å². The number of carboxylic acid groups (broad SMARTS) is 1. The summed E-state index contributed by atoms with van der Waals surface area (Å²) in [5, 5.41) is 8.35. The van der Waals surface area contributed by atoms with Crippen molar-refractivity contribution in [3.63, 3.8) is 0 Å². The summed E-state index contributed by atoms with van der Waals surface area (Å²) in [6, 6.07) is 9.49. The Balaban J connectivity index is 0.000000370. The molecule has 1 atom stereocenters. The minimum absolute atomic E-state index is 0.0231. The van der Waals surface area contributed by atoms with E-state index in [1.54, 1.807) is 0 Å². The predicted octanol–water partition coefficient (Wildman–Crippen LogP) is 3.31. The molecule has 0 radical (unpaired) electrons. The van der Waals surface area contributed by atoms with Crippen LogP contribution in [-0.2, 0) is 14.3 Å². The number of aliphatic carboxylic acids is 1. The highest BCUT2D eigenvalue weighted by atomic mass is 32.2. The highest BCUT2D eigenvalue weighted by molar-refractivity contribution is 8.00. The first-order chi connectivity index (χ1) is 9.38. The van der Waals surface area contributed by atoms with Crippen molar-refractivity contribution in [3.8, 4) is 0 Å². The van der Waals surface area contributed by atoms with Crippen LogP contribution in [0.2, 0.25) is 0 Å². The fraction of sp³-hybridized carbons (Fsp3) is 0.467. The second kappa shape index (κ2) is 10.3. The van der Waals surface area contributed by atoms with E-state index in [1.807, 2.05) is 51.1 Å². The SMILES string of the molecule is COC(=O)C(C)C(C)C.O=C(O)CSc1ccccc1. The zero-order chi connectivity index (χ0) is 15.5. The standard InChI is InChI=1S/C8H8O2S.C7H14O2/c9-8(10)6-11-7-4-2-1-3-5-7;1-5(2)6(3)7(8)9-4/h1-5H,6H2,(H,9,10);5-6H,1-4H3. The fourth-order valence-corrected chi connectivity index (χ4v) is 1.76. The molecule has 1 unspecified atom stereocenters. The summed E-state index contributed by atoms with van der Waals surface area (Å²) in [6.45, 7) is 5.87. The Kier molecular flexibility index (Phi) is 9.55. The number of rotatable bonds is 5. The van der Waals surface area contributed by atoms with Crippen LogP contribution in [0, 0.1) is 11.8 Å². The number of ether oxygens (including phenoxy) is 1. The summed E-state index contributed by atoms with van der Waals surface area (Å²) in [5.74, 6) is -0.374. The second-order valence-electron chi connectivity index (χ2n) is 4.55. The normalized spacial score (nSPS) is 11.2. The van der Waals surface area contributed by atoms with E-state index >= 15 is 0 Å². The van der Waals surface area contributed by atoms with E-state index in [1.165, 1.54) is 18.9 Å². The van der Waals surface area contributed by atoms with Crippen LogP contribution >= 0.6 is 11.8 Å². The van der Waals surface area contributed by atoms with E-state index in [2.05, 4.69) is 4.74 Å². The number of carbonyl (C=O) groups is 2. The monoisotopic (exact) mass is 298 g/mol. The van der Waals surface area contributed by atoms with Crippen LogP contribution in [0.5, 0.6) is 0 Å². The molecule has 112 valence electrons. The average Bonchev–Trinajstić information content (AvgIpc) is 2.45. The molecule has 1 N–H and O–H groups in total. The maximum Gasteiger partial charge on any atom is 0.313 e. The average molecular weight is 298 g/mol. The van der Waals surface area contributed by atoms with Gasteiger partial charge in [0.2, 0.25) is 0 Å². The third-order valence-corrected chi connectivity index (χ3v) is 3.68. The number of carboxylic acids is 1. The van der Waals surface area contributed by atoms with Crippen LogP contribution in [0.3, 0.4) is 0 Å². The maximum absolute atomic E-state index is 10.7. The number of hydrogen-bond donors (Lipinski definition) is 1. The molecule has 0 saturated heterocycles. The van der Waals surface area contributed by atoms with Crippen LogP contribution in [0.25, 0.3) is 0 Å². The Morgan fingerprint density at radius 1 is 1.20 bits per heavy atom. The quantitative estimate of drug-likeness (QED) is 0.667. The highest BCUT2D eigenvalue weighted by Gasteiger charge is 2.15. The maximum atomic E-state index is 10.7. The first-order valence-corrected chi connectivity index (χ1v) is 7.34. The van der Waals surface area contributed by atoms with Gasteiger partial charge in [-0.25, -0.2) is 0 Å². The van der Waals surface area contributed by atoms with Crippen molar-refractivity contribution in [3.05, 3.63) is 30.3 Å². The van der Waals surface area contributed by atoms with Gasteiger partial charge >= 0.3 is 11.9 Å². The van der Waals surface area contributed by atoms with Crippen LogP contribution < -0.4 is 0 Å². The number of carbonyl (C=O) groups excluding carboxylic acids is 1. The molecule has 0 aliphatic rings. The zero-order valence-electron chi connectivity index (χ0n) is 12.3. The Morgan fingerprint density at radius 3 is 2.10 bits per heavy atom. The van der Waals surface area contributed by atoms with Crippen molar-refractivity contribution >= 4 is 23.7 Å². The minimum atomic E-state index is -0.779. The summed E-state index contributed by atoms with van der Waals surface area (Å²) in [4.78, 5) is 21.9. The van der Waals surface area contributed by atoms with Gasteiger partial charge in [0.25, 0.3) is 0 Å². The van der Waals surface area contributed by atoms with Gasteiger partial charge in [-0.3, -0.25) is 9.59 Å². The van der Waals surface area contributed by atoms with E-state index in [0.717, 1.165) is 4.90 Å². The third-order valence-electron chi connectivity index (χ3n) is 2.68. The molecule has 0 fully saturated rings. The molecule has 1 rings (SSSR count). The number of hydrogen-bond acceptors (Lipinski definition) is 4. The van der Waals surface area contributed by atoms with Gasteiger partial charge in [0.05, 0.1) is 18.8 Å². The Labute approximate surface area is 124 Å². The lowest BCUT2D eigenvalue weighted by Crippen LogP contribution is -2.17. The molecule has 0 aromatic heterocycles. The van der Waals surface area contributed by atoms with Crippen molar-refractivity contribution in [1.82, 2.24) is 0 Å². The van der Waals surface area contributed by atoms with E-state index < -0.39 is 5.97 Å². The molecule has 5 heteroatoms. The molecule has 0 bridgehead atoms. The van der Waals surface area contributed by atoms with Gasteiger partial charge in [-0.1, -0.05) is 39.0 Å². The summed E-state index contributed by atoms with van der Waals surface area (Å²) < 4.78 is 4.53.